The van der Waals surface area contributed by atoms with Crippen LogP contribution in [-0.4, -0.2) is 41.7 Å². The van der Waals surface area contributed by atoms with Crippen LogP contribution >= 0.6 is 11.6 Å². The largest absolute Gasteiger partial charge is 0.360 e. The van der Waals surface area contributed by atoms with Crippen molar-refractivity contribution in [2.24, 2.45) is 0 Å². The van der Waals surface area contributed by atoms with Gasteiger partial charge in [0.1, 0.15) is 0 Å². The van der Waals surface area contributed by atoms with Gasteiger partial charge in [0.2, 0.25) is 5.95 Å². The number of nitrogens with one attached hydrogen (secondary N) is 3. The van der Waals surface area contributed by atoms with Gasteiger partial charge in [0.15, 0.2) is 9.84 Å². The van der Waals surface area contributed by atoms with Crippen LogP contribution in [0.1, 0.15) is 24.0 Å². The maximum Gasteiger partial charge on any atom is 0.227 e. The molecule has 3 heterocycles. The van der Waals surface area contributed by atoms with E-state index in [0.717, 1.165) is 40.8 Å². The average Bonchev–Trinajstić information content (AvgIpc) is 3.37. The van der Waals surface area contributed by atoms with Crippen molar-refractivity contribution in [2.75, 3.05) is 18.4 Å². The molecule has 5 rings (SSSR count). The molecule has 1 aliphatic heterocycles. The zero-order chi connectivity index (χ0) is 23.5. The fourth-order valence-electron chi connectivity index (χ4n) is 4.12. The molecule has 4 aromatic rings. The summed E-state index contributed by atoms with van der Waals surface area (Å²) < 4.78 is 25.7. The first-order chi connectivity index (χ1) is 16.5. The molecule has 174 valence electrons. The fourth-order valence-corrected chi connectivity index (χ4v) is 6.09. The summed E-state index contributed by atoms with van der Waals surface area (Å²) in [4.78, 5) is 12.2. The van der Waals surface area contributed by atoms with Crippen molar-refractivity contribution < 1.29 is 8.42 Å². The molecule has 0 bridgehead atoms. The molecule has 1 saturated heterocycles. The smallest absolute Gasteiger partial charge is 0.227 e. The van der Waals surface area contributed by atoms with Crippen LogP contribution in [0.3, 0.4) is 0 Å². The molecule has 0 spiro atoms. The quantitative estimate of drug-likeness (QED) is 0.347. The minimum atomic E-state index is -3.31. The van der Waals surface area contributed by atoms with Crippen LogP contribution in [-0.2, 0) is 9.84 Å². The highest BCUT2D eigenvalue weighted by Gasteiger charge is 2.28. The third kappa shape index (κ3) is 4.70. The molecule has 0 amide bonds. The zero-order valence-electron chi connectivity index (χ0n) is 18.3. The summed E-state index contributed by atoms with van der Waals surface area (Å²) in [6, 6.07) is 12.6. The normalized spacial score (nSPS) is 15.2. The van der Waals surface area contributed by atoms with Gasteiger partial charge < -0.3 is 15.6 Å². The highest BCUT2D eigenvalue weighted by molar-refractivity contribution is 7.92. The number of H-pyrrole nitrogens is 1. The van der Waals surface area contributed by atoms with Gasteiger partial charge in [-0.3, -0.25) is 0 Å². The number of nitrogens with zero attached hydrogens (tertiary/aromatic N) is 2. The summed E-state index contributed by atoms with van der Waals surface area (Å²) in [5, 5.41) is 7.74. The van der Waals surface area contributed by atoms with Gasteiger partial charge in [-0.15, -0.1) is 0 Å². The summed E-state index contributed by atoms with van der Waals surface area (Å²) in [6.45, 7) is 1.48. The Morgan fingerprint density at radius 2 is 1.71 bits per heavy atom. The second-order valence-corrected chi connectivity index (χ2v) is 10.9. The van der Waals surface area contributed by atoms with Gasteiger partial charge in [0, 0.05) is 35.2 Å². The first-order valence-corrected chi connectivity index (χ1v) is 13.0. The van der Waals surface area contributed by atoms with E-state index in [9.17, 15) is 8.42 Å². The van der Waals surface area contributed by atoms with E-state index in [1.165, 1.54) is 0 Å². The van der Waals surface area contributed by atoms with E-state index in [4.69, 9.17) is 11.6 Å². The number of benzene rings is 2. The first-order valence-electron chi connectivity index (χ1n) is 11.1. The molecule has 0 radical (unpaired) electrons. The number of aromatic amines is 1. The number of piperidine rings is 1. The molecule has 7 nitrogen and oxygen atoms in total. The van der Waals surface area contributed by atoms with Crippen LogP contribution in [0.4, 0.5) is 11.6 Å². The Hall–Kier alpha value is -3.20. The molecule has 9 heteroatoms. The van der Waals surface area contributed by atoms with Crippen molar-refractivity contribution in [1.29, 1.82) is 0 Å². The standard InChI is InChI=1S/C25H24ClN5O2S/c26-23-8-3-18(22-11-14-28-24(22)23)2-1-17-15-29-25(30-16-17)31-19-4-6-20(7-5-19)34(32,33)21-9-12-27-13-10-21/h1-8,11,14-16,21,27-28H,9-10,12-13H2,(H,29,30,31)/b2-1+. The summed E-state index contributed by atoms with van der Waals surface area (Å²) in [7, 11) is -3.31. The van der Waals surface area contributed by atoms with Gasteiger partial charge in [0.25, 0.3) is 0 Å². The maximum atomic E-state index is 12.8. The maximum absolute atomic E-state index is 12.8. The van der Waals surface area contributed by atoms with Gasteiger partial charge in [-0.1, -0.05) is 29.8 Å². The molecule has 0 saturated carbocycles. The summed E-state index contributed by atoms with van der Waals surface area (Å²) in [6.07, 6.45) is 10.6. The predicted octanol–water partition coefficient (Wildman–Crippen LogP) is 5.05. The van der Waals surface area contributed by atoms with Gasteiger partial charge in [-0.05, 0) is 67.9 Å². The molecule has 0 atom stereocenters. The van der Waals surface area contributed by atoms with Gasteiger partial charge >= 0.3 is 0 Å². The Labute approximate surface area is 203 Å². The fraction of sp³-hybridized carbons (Fsp3) is 0.200. The van der Waals surface area contributed by atoms with Crippen LogP contribution < -0.4 is 10.6 Å². The number of anilines is 2. The van der Waals surface area contributed by atoms with Crippen molar-refractivity contribution in [3.8, 4) is 0 Å². The Morgan fingerprint density at radius 3 is 2.44 bits per heavy atom. The number of halogens is 1. The molecule has 0 unspecified atom stereocenters. The predicted molar refractivity (Wildman–Crippen MR) is 137 cm³/mol. The van der Waals surface area contributed by atoms with Crippen LogP contribution in [0, 0.1) is 0 Å². The Balaban J connectivity index is 1.26. The van der Waals surface area contributed by atoms with Crippen molar-refractivity contribution in [3.63, 3.8) is 0 Å². The number of hydrogen-bond donors (Lipinski definition) is 3. The van der Waals surface area contributed by atoms with E-state index in [0.29, 0.717) is 28.7 Å². The third-order valence-corrected chi connectivity index (χ3v) is 8.59. The van der Waals surface area contributed by atoms with Gasteiger partial charge in [0.05, 0.1) is 20.7 Å². The average molecular weight is 494 g/mol. The van der Waals surface area contributed by atoms with Crippen LogP contribution in [0.5, 0.6) is 0 Å². The van der Waals surface area contributed by atoms with E-state index >= 15 is 0 Å². The Morgan fingerprint density at radius 1 is 0.971 bits per heavy atom. The van der Waals surface area contributed by atoms with Crippen molar-refractivity contribution >= 4 is 56.1 Å². The lowest BCUT2D eigenvalue weighted by molar-refractivity contribution is 0.496. The summed E-state index contributed by atoms with van der Waals surface area (Å²) in [5.74, 6) is 0.436. The topological polar surface area (TPSA) is 99.8 Å². The zero-order valence-corrected chi connectivity index (χ0v) is 19.9. The van der Waals surface area contributed by atoms with Gasteiger partial charge in [-0.25, -0.2) is 18.4 Å². The molecule has 0 aliphatic carbocycles. The Bertz CT molecular complexity index is 1420. The van der Waals surface area contributed by atoms with E-state index in [-0.39, 0.29) is 5.25 Å². The molecular formula is C25H24ClN5O2S. The van der Waals surface area contributed by atoms with E-state index in [2.05, 4.69) is 25.6 Å². The van der Waals surface area contributed by atoms with Gasteiger partial charge in [-0.2, -0.15) is 0 Å². The lowest BCUT2D eigenvalue weighted by Crippen LogP contribution is -2.35. The minimum absolute atomic E-state index is 0.322. The van der Waals surface area contributed by atoms with Crippen molar-refractivity contribution in [2.45, 2.75) is 23.0 Å². The van der Waals surface area contributed by atoms with Crippen LogP contribution in [0.15, 0.2) is 66.0 Å². The molecule has 2 aromatic heterocycles. The van der Waals surface area contributed by atoms with Crippen molar-refractivity contribution in [3.05, 3.63) is 77.2 Å². The summed E-state index contributed by atoms with van der Waals surface area (Å²) >= 11 is 6.22. The lowest BCUT2D eigenvalue weighted by atomic mass is 10.1. The van der Waals surface area contributed by atoms with Crippen molar-refractivity contribution in [1.82, 2.24) is 20.3 Å². The third-order valence-electron chi connectivity index (χ3n) is 6.00. The van der Waals surface area contributed by atoms with Crippen LogP contribution in [0.25, 0.3) is 23.1 Å². The summed E-state index contributed by atoms with van der Waals surface area (Å²) in [5.41, 5.74) is 3.53. The van der Waals surface area contributed by atoms with E-state index in [1.807, 2.05) is 36.5 Å². The molecule has 1 aliphatic rings. The van der Waals surface area contributed by atoms with E-state index in [1.54, 1.807) is 36.7 Å². The number of sulfone groups is 1. The number of fused-ring (bicyclic) bond motifs is 1. The number of rotatable bonds is 6. The van der Waals surface area contributed by atoms with Crippen LogP contribution in [0.2, 0.25) is 5.02 Å². The highest BCUT2D eigenvalue weighted by Crippen LogP contribution is 2.27. The molecular weight excluding hydrogens is 470 g/mol. The Kier molecular flexibility index (Phi) is 6.36. The monoisotopic (exact) mass is 493 g/mol. The molecule has 2 aromatic carbocycles. The molecule has 1 fully saturated rings. The minimum Gasteiger partial charge on any atom is -0.360 e. The second kappa shape index (κ2) is 9.58. The number of aromatic nitrogens is 3. The van der Waals surface area contributed by atoms with E-state index < -0.39 is 9.84 Å². The highest BCUT2D eigenvalue weighted by atomic mass is 35.5. The molecule has 34 heavy (non-hydrogen) atoms. The molecule has 3 N–H and O–H groups in total. The SMILES string of the molecule is O=S(=O)(c1ccc(Nc2ncc(/C=C/c3ccc(Cl)c4[nH]ccc34)cn2)cc1)C1CCNCC1. The number of hydrogen-bond acceptors (Lipinski definition) is 6. The second-order valence-electron chi connectivity index (χ2n) is 8.22. The first kappa shape index (κ1) is 22.6. The lowest BCUT2D eigenvalue weighted by Gasteiger charge is -2.22.